The molecule has 1 atom stereocenters. The fourth-order valence-electron chi connectivity index (χ4n) is 2.23. The van der Waals surface area contributed by atoms with Crippen molar-refractivity contribution in [1.29, 1.82) is 0 Å². The second kappa shape index (κ2) is 5.15. The largest absolute Gasteiger partial charge is 0.388 e. The quantitative estimate of drug-likeness (QED) is 0.817. The van der Waals surface area contributed by atoms with E-state index in [1.807, 2.05) is 13.1 Å². The summed E-state index contributed by atoms with van der Waals surface area (Å²) in [5.74, 6) is 0. The van der Waals surface area contributed by atoms with Crippen LogP contribution in [0.1, 0.15) is 37.4 Å². The highest BCUT2D eigenvalue weighted by Gasteiger charge is 2.39. The zero-order chi connectivity index (χ0) is 12.3. The van der Waals surface area contributed by atoms with Crippen molar-refractivity contribution in [1.82, 2.24) is 10.3 Å². The maximum absolute atomic E-state index is 10.1. The van der Waals surface area contributed by atoms with Crippen molar-refractivity contribution < 1.29 is 5.11 Å². The van der Waals surface area contributed by atoms with E-state index in [0.29, 0.717) is 0 Å². The minimum Gasteiger partial charge on any atom is -0.388 e. The zero-order valence-electron chi connectivity index (χ0n) is 10.7. The monoisotopic (exact) mass is 234 g/mol. The van der Waals surface area contributed by atoms with E-state index in [-0.39, 0.29) is 6.04 Å². The molecule has 0 radical (unpaired) electrons. The Morgan fingerprint density at radius 1 is 1.47 bits per heavy atom. The van der Waals surface area contributed by atoms with Gasteiger partial charge in [-0.15, -0.1) is 0 Å². The lowest BCUT2D eigenvalue weighted by Gasteiger charge is -2.42. The topological polar surface area (TPSA) is 45.1 Å². The summed E-state index contributed by atoms with van der Waals surface area (Å²) < 4.78 is 0. The van der Waals surface area contributed by atoms with Crippen LogP contribution in [0.25, 0.3) is 0 Å². The third-order valence-electron chi connectivity index (χ3n) is 3.83. The van der Waals surface area contributed by atoms with Gasteiger partial charge in [-0.2, -0.15) is 0 Å². The van der Waals surface area contributed by atoms with Crippen LogP contribution in [0, 0.1) is 6.92 Å². The van der Waals surface area contributed by atoms with Crippen molar-refractivity contribution in [2.24, 2.45) is 0 Å². The molecule has 1 heterocycles. The minimum atomic E-state index is -0.458. The molecule has 2 N–H and O–H groups in total. The number of pyridine rings is 1. The molecule has 2 rings (SSSR count). The predicted octanol–water partition coefficient (Wildman–Crippen LogP) is 1.83. The number of nitrogens with zero attached hydrogens (tertiary/aromatic N) is 1. The first-order chi connectivity index (χ1) is 8.10. The van der Waals surface area contributed by atoms with Crippen LogP contribution in [0.3, 0.4) is 0 Å². The average Bonchev–Trinajstić information content (AvgIpc) is 2.28. The molecule has 1 unspecified atom stereocenters. The van der Waals surface area contributed by atoms with Crippen LogP contribution in [0.2, 0.25) is 0 Å². The lowest BCUT2D eigenvalue weighted by atomic mass is 9.75. The number of aliphatic hydroxyl groups is 1. The van der Waals surface area contributed by atoms with Gasteiger partial charge < -0.3 is 10.4 Å². The van der Waals surface area contributed by atoms with E-state index >= 15 is 0 Å². The van der Waals surface area contributed by atoms with Crippen LogP contribution >= 0.6 is 0 Å². The molecule has 1 aliphatic rings. The zero-order valence-corrected chi connectivity index (χ0v) is 10.7. The smallest absolute Gasteiger partial charge is 0.0797 e. The molecule has 0 aromatic carbocycles. The van der Waals surface area contributed by atoms with E-state index in [0.717, 1.165) is 37.9 Å². The Hall–Kier alpha value is -0.930. The average molecular weight is 234 g/mol. The molecule has 1 aromatic rings. The van der Waals surface area contributed by atoms with Crippen LogP contribution in [0.15, 0.2) is 18.3 Å². The van der Waals surface area contributed by atoms with Crippen LogP contribution in [0.5, 0.6) is 0 Å². The Balaban J connectivity index is 1.74. The highest BCUT2D eigenvalue weighted by atomic mass is 16.3. The highest BCUT2D eigenvalue weighted by Crippen LogP contribution is 2.34. The molecule has 1 saturated carbocycles. The van der Waals surface area contributed by atoms with Gasteiger partial charge in [0.15, 0.2) is 0 Å². The third-order valence-corrected chi connectivity index (χ3v) is 3.83. The van der Waals surface area contributed by atoms with Gasteiger partial charge in [0.1, 0.15) is 0 Å². The van der Waals surface area contributed by atoms with Gasteiger partial charge in [0.05, 0.1) is 5.60 Å². The van der Waals surface area contributed by atoms with E-state index in [4.69, 9.17) is 0 Å². The van der Waals surface area contributed by atoms with Crippen molar-refractivity contribution in [3.63, 3.8) is 0 Å². The van der Waals surface area contributed by atoms with Crippen molar-refractivity contribution in [3.05, 3.63) is 29.6 Å². The first-order valence-electron chi connectivity index (χ1n) is 6.47. The first-order valence-corrected chi connectivity index (χ1v) is 6.47. The number of nitrogens with one attached hydrogen (secondary N) is 1. The van der Waals surface area contributed by atoms with Gasteiger partial charge in [-0.05, 0) is 44.7 Å². The summed E-state index contributed by atoms with van der Waals surface area (Å²) in [5.41, 5.74) is 1.84. The Bertz CT molecular complexity index is 357. The lowest BCUT2D eigenvalue weighted by Crippen LogP contribution is -2.53. The van der Waals surface area contributed by atoms with Gasteiger partial charge in [0.25, 0.3) is 0 Å². The number of aromatic nitrogens is 1. The fraction of sp³-hybridized carbons (Fsp3) is 0.643. The Morgan fingerprint density at radius 2 is 2.24 bits per heavy atom. The summed E-state index contributed by atoms with van der Waals surface area (Å²) in [7, 11) is 0. The molecular weight excluding hydrogens is 212 g/mol. The van der Waals surface area contributed by atoms with Crippen molar-refractivity contribution in [2.45, 2.75) is 51.2 Å². The second-order valence-electron chi connectivity index (χ2n) is 5.21. The molecule has 3 heteroatoms. The summed E-state index contributed by atoms with van der Waals surface area (Å²) in [6.45, 7) is 4.99. The molecule has 0 amide bonds. The summed E-state index contributed by atoms with van der Waals surface area (Å²) in [6.07, 6.45) is 5.84. The summed E-state index contributed by atoms with van der Waals surface area (Å²) in [5, 5.41) is 13.5. The molecule has 0 aliphatic heterocycles. The maximum atomic E-state index is 10.1. The molecule has 1 aromatic heterocycles. The molecule has 3 nitrogen and oxygen atoms in total. The molecule has 0 saturated heterocycles. The maximum Gasteiger partial charge on any atom is 0.0797 e. The minimum absolute atomic E-state index is 0.182. The van der Waals surface area contributed by atoms with E-state index in [1.165, 1.54) is 5.56 Å². The molecule has 0 spiro atoms. The molecule has 0 bridgehead atoms. The molecule has 1 fully saturated rings. The fourth-order valence-corrected chi connectivity index (χ4v) is 2.23. The van der Waals surface area contributed by atoms with Gasteiger partial charge in [-0.25, -0.2) is 0 Å². The predicted molar refractivity (Wildman–Crippen MR) is 68.9 cm³/mol. The van der Waals surface area contributed by atoms with Crippen molar-refractivity contribution in [3.8, 4) is 0 Å². The standard InChI is InChI=1S/C14H22N2O/c1-11-4-5-13(16-10-11)6-9-15-12(2)14(17)7-3-8-14/h4-5,10,12,15,17H,3,6-9H2,1-2H3. The van der Waals surface area contributed by atoms with E-state index < -0.39 is 5.60 Å². The normalized spacial score (nSPS) is 19.7. The van der Waals surface area contributed by atoms with Gasteiger partial charge in [0.2, 0.25) is 0 Å². The second-order valence-corrected chi connectivity index (χ2v) is 5.21. The van der Waals surface area contributed by atoms with Crippen LogP contribution < -0.4 is 5.32 Å². The van der Waals surface area contributed by atoms with Crippen LogP contribution in [-0.4, -0.2) is 28.3 Å². The highest BCUT2D eigenvalue weighted by molar-refractivity contribution is 5.12. The van der Waals surface area contributed by atoms with Crippen LogP contribution in [-0.2, 0) is 6.42 Å². The van der Waals surface area contributed by atoms with Gasteiger partial charge in [-0.1, -0.05) is 6.07 Å². The number of hydrogen-bond acceptors (Lipinski definition) is 3. The first kappa shape index (κ1) is 12.5. The number of rotatable bonds is 5. The SMILES string of the molecule is Cc1ccc(CCNC(C)C2(O)CCC2)nc1. The van der Waals surface area contributed by atoms with Crippen LogP contribution in [0.4, 0.5) is 0 Å². The molecule has 1 aliphatic carbocycles. The van der Waals surface area contributed by atoms with E-state index in [2.05, 4.69) is 29.4 Å². The Kier molecular flexibility index (Phi) is 3.79. The Morgan fingerprint density at radius 3 is 2.76 bits per heavy atom. The van der Waals surface area contributed by atoms with Gasteiger partial charge in [0, 0.05) is 30.9 Å². The summed E-state index contributed by atoms with van der Waals surface area (Å²) >= 11 is 0. The van der Waals surface area contributed by atoms with E-state index in [9.17, 15) is 5.11 Å². The lowest BCUT2D eigenvalue weighted by molar-refractivity contribution is -0.0597. The number of hydrogen-bond donors (Lipinski definition) is 2. The molecule has 94 valence electrons. The van der Waals surface area contributed by atoms with Crippen molar-refractivity contribution >= 4 is 0 Å². The third kappa shape index (κ3) is 3.05. The summed E-state index contributed by atoms with van der Waals surface area (Å²) in [4.78, 5) is 4.37. The van der Waals surface area contributed by atoms with Gasteiger partial charge >= 0.3 is 0 Å². The van der Waals surface area contributed by atoms with E-state index in [1.54, 1.807) is 0 Å². The number of aryl methyl sites for hydroxylation is 1. The molecule has 17 heavy (non-hydrogen) atoms. The van der Waals surface area contributed by atoms with Gasteiger partial charge in [-0.3, -0.25) is 4.98 Å². The Labute approximate surface area is 103 Å². The summed E-state index contributed by atoms with van der Waals surface area (Å²) in [6, 6.07) is 4.34. The van der Waals surface area contributed by atoms with Crippen molar-refractivity contribution in [2.75, 3.05) is 6.54 Å². The molecular formula is C14H22N2O.